The maximum absolute atomic E-state index is 11.0. The van der Waals surface area contributed by atoms with Crippen LogP contribution in [-0.2, 0) is 0 Å². The molecule has 0 unspecified atom stereocenters. The second kappa shape index (κ2) is 7.35. The first kappa shape index (κ1) is 14.9. The number of ether oxygens (including phenoxy) is 1. The van der Waals surface area contributed by atoms with Crippen LogP contribution in [0.25, 0.3) is 0 Å². The molecule has 6 nitrogen and oxygen atoms in total. The fourth-order valence-corrected chi connectivity index (χ4v) is 1.69. The summed E-state index contributed by atoms with van der Waals surface area (Å²) in [6.07, 6.45) is 3.84. The third kappa shape index (κ3) is 4.24. The summed E-state index contributed by atoms with van der Waals surface area (Å²) in [7, 11) is 0. The smallest absolute Gasteiger partial charge is 0.339 e. The molecule has 0 spiro atoms. The van der Waals surface area contributed by atoms with E-state index in [1.54, 1.807) is 0 Å². The van der Waals surface area contributed by atoms with Crippen molar-refractivity contribution < 1.29 is 19.6 Å². The molecule has 0 aliphatic carbocycles. The number of nitro groups is 1. The summed E-state index contributed by atoms with van der Waals surface area (Å²) in [5, 5.41) is 19.9. The van der Waals surface area contributed by atoms with E-state index >= 15 is 0 Å². The maximum Gasteiger partial charge on any atom is 0.339 e. The van der Waals surface area contributed by atoms with E-state index in [2.05, 4.69) is 6.92 Å². The van der Waals surface area contributed by atoms with Gasteiger partial charge < -0.3 is 9.84 Å². The van der Waals surface area contributed by atoms with Gasteiger partial charge in [0, 0.05) is 6.07 Å². The molecule has 1 rings (SSSR count). The zero-order valence-electron chi connectivity index (χ0n) is 10.8. The normalized spacial score (nSPS) is 10.2. The van der Waals surface area contributed by atoms with Gasteiger partial charge >= 0.3 is 11.7 Å². The van der Waals surface area contributed by atoms with Gasteiger partial charge in [0.25, 0.3) is 0 Å². The average molecular weight is 267 g/mol. The van der Waals surface area contributed by atoms with E-state index in [0.717, 1.165) is 25.7 Å². The van der Waals surface area contributed by atoms with Gasteiger partial charge in [0.2, 0.25) is 5.75 Å². The molecule has 0 fully saturated rings. The highest BCUT2D eigenvalue weighted by atomic mass is 16.6. The van der Waals surface area contributed by atoms with Crippen molar-refractivity contribution in [3.05, 3.63) is 33.9 Å². The number of unbranched alkanes of at least 4 members (excludes halogenated alkanes) is 3. The van der Waals surface area contributed by atoms with Crippen LogP contribution in [0.5, 0.6) is 5.75 Å². The van der Waals surface area contributed by atoms with E-state index in [1.165, 1.54) is 18.2 Å². The van der Waals surface area contributed by atoms with Crippen LogP contribution in [-0.4, -0.2) is 22.6 Å². The van der Waals surface area contributed by atoms with Gasteiger partial charge in [0.1, 0.15) is 5.56 Å². The number of nitrogens with zero attached hydrogens (tertiary/aromatic N) is 1. The van der Waals surface area contributed by atoms with Crippen molar-refractivity contribution in [1.29, 1.82) is 0 Å². The quantitative estimate of drug-likeness (QED) is 0.443. The second-order valence-corrected chi connectivity index (χ2v) is 4.13. The average Bonchev–Trinajstić information content (AvgIpc) is 2.38. The zero-order valence-corrected chi connectivity index (χ0v) is 10.8. The van der Waals surface area contributed by atoms with E-state index in [0.29, 0.717) is 0 Å². The monoisotopic (exact) mass is 267 g/mol. The van der Waals surface area contributed by atoms with E-state index in [1.807, 2.05) is 0 Å². The van der Waals surface area contributed by atoms with Gasteiger partial charge in [-0.2, -0.15) is 0 Å². The van der Waals surface area contributed by atoms with Crippen LogP contribution in [0.4, 0.5) is 5.69 Å². The minimum Gasteiger partial charge on any atom is -0.486 e. The standard InChI is InChI=1S/C13H17NO5/c1-2-3-4-5-9-19-12-10(13(15)16)7-6-8-11(12)14(17)18/h6-8H,2-5,9H2,1H3,(H,15,16). The first-order chi connectivity index (χ1) is 9.07. The Labute approximate surface area is 111 Å². The third-order valence-electron chi connectivity index (χ3n) is 2.67. The number of rotatable bonds is 8. The molecule has 1 aromatic carbocycles. The fraction of sp³-hybridized carbons (Fsp3) is 0.462. The molecule has 0 bridgehead atoms. The van der Waals surface area contributed by atoms with Gasteiger partial charge in [-0.05, 0) is 12.5 Å². The zero-order chi connectivity index (χ0) is 14.3. The van der Waals surface area contributed by atoms with Gasteiger partial charge in [-0.3, -0.25) is 10.1 Å². The summed E-state index contributed by atoms with van der Waals surface area (Å²) in [5.74, 6) is -1.39. The van der Waals surface area contributed by atoms with Crippen molar-refractivity contribution in [1.82, 2.24) is 0 Å². The number of carboxylic acids is 1. The molecule has 0 heterocycles. The van der Waals surface area contributed by atoms with Crippen molar-refractivity contribution in [2.75, 3.05) is 6.61 Å². The summed E-state index contributed by atoms with van der Waals surface area (Å²) in [4.78, 5) is 21.3. The lowest BCUT2D eigenvalue weighted by molar-refractivity contribution is -0.385. The molecule has 0 amide bonds. The van der Waals surface area contributed by atoms with Crippen LogP contribution in [0, 0.1) is 10.1 Å². The molecular formula is C13H17NO5. The first-order valence-corrected chi connectivity index (χ1v) is 6.21. The lowest BCUT2D eigenvalue weighted by atomic mass is 10.1. The Morgan fingerprint density at radius 1 is 1.37 bits per heavy atom. The molecule has 104 valence electrons. The largest absolute Gasteiger partial charge is 0.486 e. The first-order valence-electron chi connectivity index (χ1n) is 6.21. The molecule has 19 heavy (non-hydrogen) atoms. The minimum absolute atomic E-state index is 0.156. The Hall–Kier alpha value is -2.11. The maximum atomic E-state index is 11.0. The molecule has 0 aliphatic heterocycles. The number of benzene rings is 1. The third-order valence-corrected chi connectivity index (χ3v) is 2.67. The molecule has 0 saturated heterocycles. The highest BCUT2D eigenvalue weighted by Crippen LogP contribution is 2.31. The van der Waals surface area contributed by atoms with Gasteiger partial charge in [-0.15, -0.1) is 0 Å². The lowest BCUT2D eigenvalue weighted by Crippen LogP contribution is -2.07. The van der Waals surface area contributed by atoms with E-state index in [9.17, 15) is 14.9 Å². The highest BCUT2D eigenvalue weighted by Gasteiger charge is 2.22. The molecule has 0 radical (unpaired) electrons. The molecule has 1 N–H and O–H groups in total. The Balaban J connectivity index is 2.83. The SMILES string of the molecule is CCCCCCOc1c(C(=O)O)cccc1[N+](=O)[O-]. The van der Waals surface area contributed by atoms with Crippen LogP contribution in [0.2, 0.25) is 0 Å². The van der Waals surface area contributed by atoms with Crippen LogP contribution in [0.1, 0.15) is 43.0 Å². The molecule has 0 aliphatic rings. The highest BCUT2D eigenvalue weighted by molar-refractivity contribution is 5.92. The summed E-state index contributed by atoms with van der Waals surface area (Å²) < 4.78 is 5.31. The van der Waals surface area contributed by atoms with Gasteiger partial charge in [-0.25, -0.2) is 4.79 Å². The van der Waals surface area contributed by atoms with Crippen LogP contribution < -0.4 is 4.74 Å². The van der Waals surface area contributed by atoms with E-state index in [-0.39, 0.29) is 23.6 Å². The van der Waals surface area contributed by atoms with E-state index < -0.39 is 10.9 Å². The Morgan fingerprint density at radius 2 is 2.11 bits per heavy atom. The molecule has 0 saturated carbocycles. The van der Waals surface area contributed by atoms with Crippen molar-refractivity contribution in [3.8, 4) is 5.75 Å². The summed E-state index contributed by atoms with van der Waals surface area (Å²) in [5.41, 5.74) is -0.486. The Bertz CT molecular complexity index is 426. The Morgan fingerprint density at radius 3 is 2.68 bits per heavy atom. The predicted octanol–water partition coefficient (Wildman–Crippen LogP) is 3.25. The summed E-state index contributed by atoms with van der Waals surface area (Å²) in [6.45, 7) is 2.36. The number of aromatic carboxylic acids is 1. The summed E-state index contributed by atoms with van der Waals surface area (Å²) >= 11 is 0. The second-order valence-electron chi connectivity index (χ2n) is 4.13. The van der Waals surface area contributed by atoms with Crippen LogP contribution in [0.3, 0.4) is 0 Å². The van der Waals surface area contributed by atoms with Crippen LogP contribution >= 0.6 is 0 Å². The minimum atomic E-state index is -1.23. The molecule has 0 aromatic heterocycles. The molecule has 6 heteroatoms. The van der Waals surface area contributed by atoms with Crippen molar-refractivity contribution in [2.45, 2.75) is 32.6 Å². The van der Waals surface area contributed by atoms with Gasteiger partial charge in [0.05, 0.1) is 11.5 Å². The van der Waals surface area contributed by atoms with Gasteiger partial charge in [-0.1, -0.05) is 32.3 Å². The van der Waals surface area contributed by atoms with Gasteiger partial charge in [0.15, 0.2) is 0 Å². The Kier molecular flexibility index (Phi) is 5.78. The lowest BCUT2D eigenvalue weighted by Gasteiger charge is -2.09. The van der Waals surface area contributed by atoms with Crippen molar-refractivity contribution >= 4 is 11.7 Å². The number of nitro benzene ring substituents is 1. The fourth-order valence-electron chi connectivity index (χ4n) is 1.69. The van der Waals surface area contributed by atoms with E-state index in [4.69, 9.17) is 9.84 Å². The number of hydrogen-bond donors (Lipinski definition) is 1. The topological polar surface area (TPSA) is 89.7 Å². The number of hydrogen-bond acceptors (Lipinski definition) is 4. The molecular weight excluding hydrogens is 250 g/mol. The van der Waals surface area contributed by atoms with Crippen molar-refractivity contribution in [2.24, 2.45) is 0 Å². The van der Waals surface area contributed by atoms with Crippen LogP contribution in [0.15, 0.2) is 18.2 Å². The predicted molar refractivity (Wildman–Crippen MR) is 69.7 cm³/mol. The number of carbonyl (C=O) groups is 1. The summed E-state index contributed by atoms with van der Waals surface area (Å²) in [6, 6.07) is 3.88. The number of carboxylic acid groups (broad SMARTS) is 1. The number of para-hydroxylation sites is 1. The molecule has 0 atom stereocenters. The molecule has 1 aromatic rings. The van der Waals surface area contributed by atoms with Crippen molar-refractivity contribution in [3.63, 3.8) is 0 Å².